The topological polar surface area (TPSA) is 81.2 Å². The smallest absolute Gasteiger partial charge is 0.357 e. The molecule has 0 spiro atoms. The highest BCUT2D eigenvalue weighted by Gasteiger charge is 2.11. The average molecular weight is 285 g/mol. The summed E-state index contributed by atoms with van der Waals surface area (Å²) in [5.74, 6) is 0.00769. The highest BCUT2D eigenvalue weighted by Crippen LogP contribution is 2.11. The molecule has 0 amide bonds. The summed E-state index contributed by atoms with van der Waals surface area (Å²) in [6.07, 6.45) is 6.62. The van der Waals surface area contributed by atoms with Crippen LogP contribution in [0.3, 0.4) is 0 Å². The quantitative estimate of drug-likeness (QED) is 0.477. The molecular formula is C14H15N5O2. The zero-order chi connectivity index (χ0) is 15.1. The van der Waals surface area contributed by atoms with Crippen molar-refractivity contribution in [2.24, 2.45) is 9.98 Å². The van der Waals surface area contributed by atoms with Crippen molar-refractivity contribution in [3.05, 3.63) is 36.0 Å². The van der Waals surface area contributed by atoms with Gasteiger partial charge in [0.05, 0.1) is 24.5 Å². The van der Waals surface area contributed by atoms with Gasteiger partial charge in [-0.3, -0.25) is 4.40 Å². The van der Waals surface area contributed by atoms with Crippen LogP contribution in [0.15, 0.2) is 40.3 Å². The summed E-state index contributed by atoms with van der Waals surface area (Å²) < 4.78 is 6.71. The molecule has 0 atom stereocenters. The third-order valence-corrected chi connectivity index (χ3v) is 2.49. The van der Waals surface area contributed by atoms with Crippen molar-refractivity contribution in [2.45, 2.75) is 13.8 Å². The molecule has 2 heterocycles. The molecule has 7 heteroatoms. The largest absolute Gasteiger partial charge is 0.461 e. The molecule has 0 N–H and O–H groups in total. The second-order valence-electron chi connectivity index (χ2n) is 3.91. The van der Waals surface area contributed by atoms with Gasteiger partial charge in [-0.1, -0.05) is 0 Å². The monoisotopic (exact) mass is 285 g/mol. The van der Waals surface area contributed by atoms with E-state index in [1.165, 1.54) is 0 Å². The zero-order valence-corrected chi connectivity index (χ0v) is 11.9. The number of ether oxygens (including phenoxy) is 1. The third-order valence-electron chi connectivity index (χ3n) is 2.49. The van der Waals surface area contributed by atoms with Gasteiger partial charge in [0.15, 0.2) is 5.70 Å². The summed E-state index contributed by atoms with van der Waals surface area (Å²) in [7, 11) is 0. The van der Waals surface area contributed by atoms with Crippen LogP contribution in [0.2, 0.25) is 0 Å². The highest BCUT2D eigenvalue weighted by molar-refractivity contribution is 5.94. The van der Waals surface area contributed by atoms with Crippen LogP contribution in [0.25, 0.3) is 11.9 Å². The molecule has 2 aromatic rings. The van der Waals surface area contributed by atoms with E-state index in [0.717, 1.165) is 0 Å². The second-order valence-corrected chi connectivity index (χ2v) is 3.91. The third kappa shape index (κ3) is 3.61. The summed E-state index contributed by atoms with van der Waals surface area (Å²) in [6.45, 7) is 4.40. The first-order valence-electron chi connectivity index (χ1n) is 6.55. The molecule has 2 rings (SSSR count). The molecular weight excluding hydrogens is 270 g/mol. The number of fused-ring (bicyclic) bond motifs is 1. The molecule has 0 aliphatic heterocycles. The molecule has 0 aliphatic rings. The molecule has 0 saturated heterocycles. The van der Waals surface area contributed by atoms with E-state index in [9.17, 15) is 4.79 Å². The summed E-state index contributed by atoms with van der Waals surface area (Å²) in [4.78, 5) is 27.9. The van der Waals surface area contributed by atoms with Gasteiger partial charge in [-0.05, 0) is 26.0 Å². The van der Waals surface area contributed by atoms with Crippen molar-refractivity contribution in [2.75, 3.05) is 13.2 Å². The average Bonchev–Trinajstić information content (AvgIpc) is 2.90. The molecule has 2 aromatic heterocycles. The molecule has 0 aromatic carbocycles. The van der Waals surface area contributed by atoms with Crippen LogP contribution in [0.1, 0.15) is 19.5 Å². The Morgan fingerprint density at radius 1 is 1.48 bits per heavy atom. The minimum atomic E-state index is -0.532. The Morgan fingerprint density at radius 3 is 3.10 bits per heavy atom. The first-order valence-corrected chi connectivity index (χ1v) is 6.55. The minimum Gasteiger partial charge on any atom is -0.461 e. The van der Waals surface area contributed by atoms with E-state index in [-0.39, 0.29) is 12.3 Å². The maximum absolute atomic E-state index is 11.9. The lowest BCUT2D eigenvalue weighted by atomic mass is 10.3. The Kier molecular flexibility index (Phi) is 4.95. The Bertz CT molecular complexity index is 722. The molecule has 0 fully saturated rings. The Hall–Kier alpha value is -2.79. The van der Waals surface area contributed by atoms with Crippen molar-refractivity contribution in [1.29, 1.82) is 0 Å². The van der Waals surface area contributed by atoms with E-state index in [2.05, 4.69) is 26.0 Å². The maximum atomic E-state index is 11.9. The maximum Gasteiger partial charge on any atom is 0.357 e. The van der Waals surface area contributed by atoms with Gasteiger partial charge in [0.2, 0.25) is 5.78 Å². The van der Waals surface area contributed by atoms with E-state index in [1.807, 2.05) is 6.92 Å². The standard InChI is InChI=1S/C14H15N5O2/c1-3-15-10-18-12(13(20)21-4-2)8-11-9-17-14-16-6-5-7-19(11)14/h5-9H,3-4H2,1-2H3/b12-8-. The number of carbonyl (C=O) groups is 1. The first-order chi connectivity index (χ1) is 10.3. The van der Waals surface area contributed by atoms with Crippen molar-refractivity contribution < 1.29 is 9.53 Å². The van der Waals surface area contributed by atoms with E-state index in [4.69, 9.17) is 4.74 Å². The molecule has 0 aliphatic carbocycles. The number of aliphatic imine (C=N–C) groups is 2. The number of esters is 1. The summed E-state index contributed by atoms with van der Waals surface area (Å²) in [6, 6.07) is 4.25. The van der Waals surface area contributed by atoms with Gasteiger partial charge in [0.1, 0.15) is 0 Å². The molecule has 0 saturated carbocycles. The normalized spacial score (nSPS) is 11.0. The van der Waals surface area contributed by atoms with Gasteiger partial charge in [-0.2, -0.15) is 4.99 Å². The molecule has 0 radical (unpaired) electrons. The van der Waals surface area contributed by atoms with Crippen molar-refractivity contribution >= 4 is 23.8 Å². The lowest BCUT2D eigenvalue weighted by molar-refractivity contribution is -0.138. The van der Waals surface area contributed by atoms with Crippen LogP contribution >= 0.6 is 0 Å². The SMILES string of the molecule is CCN=C=N/C(=C\c1cnc2ncccn12)C(=O)OCC. The summed E-state index contributed by atoms with van der Waals surface area (Å²) >= 11 is 0. The summed E-state index contributed by atoms with van der Waals surface area (Å²) in [5, 5.41) is 0. The van der Waals surface area contributed by atoms with Gasteiger partial charge in [-0.15, -0.1) is 0 Å². The molecule has 108 valence electrons. The van der Waals surface area contributed by atoms with Gasteiger partial charge in [-0.25, -0.2) is 19.8 Å². The molecule has 0 unspecified atom stereocenters. The fourth-order valence-corrected chi connectivity index (χ4v) is 1.59. The molecule has 7 nitrogen and oxygen atoms in total. The highest BCUT2D eigenvalue weighted by atomic mass is 16.5. The Morgan fingerprint density at radius 2 is 2.33 bits per heavy atom. The Labute approximate surface area is 121 Å². The van der Waals surface area contributed by atoms with Gasteiger partial charge in [0, 0.05) is 18.9 Å². The van der Waals surface area contributed by atoms with Gasteiger partial charge < -0.3 is 4.74 Å². The second kappa shape index (κ2) is 7.12. The zero-order valence-electron chi connectivity index (χ0n) is 11.9. The lowest BCUT2D eigenvalue weighted by Crippen LogP contribution is -2.06. The van der Waals surface area contributed by atoms with E-state index in [0.29, 0.717) is 18.0 Å². The number of nitrogens with zero attached hydrogens (tertiary/aromatic N) is 5. The van der Waals surface area contributed by atoms with Crippen LogP contribution in [0.5, 0.6) is 0 Å². The van der Waals surface area contributed by atoms with E-state index >= 15 is 0 Å². The van der Waals surface area contributed by atoms with E-state index < -0.39 is 5.97 Å². The predicted molar refractivity (Wildman–Crippen MR) is 78.0 cm³/mol. The van der Waals surface area contributed by atoms with Crippen molar-refractivity contribution in [3.8, 4) is 0 Å². The number of imidazole rings is 1. The van der Waals surface area contributed by atoms with Crippen LogP contribution < -0.4 is 0 Å². The van der Waals surface area contributed by atoms with Crippen LogP contribution in [0.4, 0.5) is 0 Å². The van der Waals surface area contributed by atoms with E-state index in [1.54, 1.807) is 42.1 Å². The molecule has 21 heavy (non-hydrogen) atoms. The number of hydrogen-bond donors (Lipinski definition) is 0. The van der Waals surface area contributed by atoms with Gasteiger partial charge in [0.25, 0.3) is 0 Å². The first kappa shape index (κ1) is 14.6. The number of rotatable bonds is 5. The summed E-state index contributed by atoms with van der Waals surface area (Å²) in [5.41, 5.74) is 0.780. The van der Waals surface area contributed by atoms with Crippen molar-refractivity contribution in [1.82, 2.24) is 14.4 Å². The number of carbonyl (C=O) groups excluding carboxylic acids is 1. The minimum absolute atomic E-state index is 0.111. The number of aromatic nitrogens is 3. The fraction of sp³-hybridized carbons (Fsp3) is 0.286. The molecule has 0 bridgehead atoms. The number of hydrogen-bond acceptors (Lipinski definition) is 6. The predicted octanol–water partition coefficient (Wildman–Crippen LogP) is 1.83. The van der Waals surface area contributed by atoms with Gasteiger partial charge >= 0.3 is 5.97 Å². The Balaban J connectivity index is 2.44. The van der Waals surface area contributed by atoms with Crippen LogP contribution in [0, 0.1) is 0 Å². The fourth-order valence-electron chi connectivity index (χ4n) is 1.59. The lowest BCUT2D eigenvalue weighted by Gasteiger charge is -2.01. The van der Waals surface area contributed by atoms with Crippen LogP contribution in [-0.2, 0) is 9.53 Å². The van der Waals surface area contributed by atoms with Crippen molar-refractivity contribution in [3.63, 3.8) is 0 Å². The van der Waals surface area contributed by atoms with Crippen LogP contribution in [-0.4, -0.2) is 39.5 Å².